The third kappa shape index (κ3) is 5.13. The number of nitrogens with two attached hydrogens (primary N) is 1. The molecule has 12 heavy (non-hydrogen) atoms. The van der Waals surface area contributed by atoms with E-state index in [9.17, 15) is 0 Å². The summed E-state index contributed by atoms with van der Waals surface area (Å²) in [6.07, 6.45) is 0.853. The van der Waals surface area contributed by atoms with E-state index in [1.54, 1.807) is 0 Å². The fourth-order valence-electron chi connectivity index (χ4n) is 0.721. The van der Waals surface area contributed by atoms with Crippen molar-refractivity contribution in [1.29, 1.82) is 0 Å². The number of hydrogen-bond donors (Lipinski definition) is 1. The fourth-order valence-corrected chi connectivity index (χ4v) is 0.721. The highest BCUT2D eigenvalue weighted by atomic mass is 15.1. The predicted octanol–water partition coefficient (Wildman–Crippen LogP) is 1.09. The molecule has 0 bridgehead atoms. The molecule has 0 unspecified atom stereocenters. The van der Waals surface area contributed by atoms with Crippen molar-refractivity contribution in [2.24, 2.45) is 10.7 Å². The zero-order valence-electron chi connectivity index (χ0n) is 8.67. The molecule has 0 aromatic rings. The molecule has 0 saturated heterocycles. The molecule has 0 amide bonds. The van der Waals surface area contributed by atoms with Gasteiger partial charge in [0, 0.05) is 19.0 Å². The molecule has 0 aromatic carbocycles. The Morgan fingerprint density at radius 3 is 2.50 bits per heavy atom. The Labute approximate surface area is 75.7 Å². The fraction of sp³-hybridized carbons (Fsp3) is 0.889. The van der Waals surface area contributed by atoms with Crippen molar-refractivity contribution in [3.63, 3.8) is 0 Å². The Morgan fingerprint density at radius 1 is 1.50 bits per heavy atom. The van der Waals surface area contributed by atoms with E-state index in [0.717, 1.165) is 25.3 Å². The molecule has 0 radical (unpaired) electrons. The van der Waals surface area contributed by atoms with Crippen molar-refractivity contribution < 1.29 is 0 Å². The second-order valence-corrected chi connectivity index (χ2v) is 3.30. The van der Waals surface area contributed by atoms with Gasteiger partial charge in [-0.3, -0.25) is 4.99 Å². The Morgan fingerprint density at radius 2 is 2.08 bits per heavy atom. The monoisotopic (exact) mass is 171 g/mol. The van der Waals surface area contributed by atoms with Crippen LogP contribution in [0, 0.1) is 0 Å². The van der Waals surface area contributed by atoms with E-state index in [-0.39, 0.29) is 0 Å². The van der Waals surface area contributed by atoms with E-state index < -0.39 is 0 Å². The van der Waals surface area contributed by atoms with Crippen molar-refractivity contribution in [2.45, 2.75) is 33.2 Å². The van der Waals surface area contributed by atoms with Crippen LogP contribution in [-0.2, 0) is 0 Å². The highest BCUT2D eigenvalue weighted by Gasteiger charge is 2.00. The van der Waals surface area contributed by atoms with E-state index >= 15 is 0 Å². The molecule has 0 fully saturated rings. The second kappa shape index (κ2) is 6.00. The summed E-state index contributed by atoms with van der Waals surface area (Å²) in [7, 11) is 2.10. The lowest BCUT2D eigenvalue weighted by molar-refractivity contribution is 0.282. The summed E-state index contributed by atoms with van der Waals surface area (Å²) in [5.41, 5.74) is 5.57. The van der Waals surface area contributed by atoms with Gasteiger partial charge in [-0.05, 0) is 20.9 Å². The third-order valence-electron chi connectivity index (χ3n) is 2.01. The quantitative estimate of drug-likeness (QED) is 0.497. The summed E-state index contributed by atoms with van der Waals surface area (Å²) < 4.78 is 0. The first-order valence-corrected chi connectivity index (χ1v) is 4.57. The smallest absolute Gasteiger partial charge is 0.0934 e. The SMILES string of the molecule is CCC(N)=NCCN(C)C(C)C. The van der Waals surface area contributed by atoms with Gasteiger partial charge in [0.05, 0.1) is 12.4 Å². The minimum Gasteiger partial charge on any atom is -0.387 e. The van der Waals surface area contributed by atoms with Gasteiger partial charge in [-0.1, -0.05) is 6.92 Å². The molecule has 0 aromatic heterocycles. The summed E-state index contributed by atoms with van der Waals surface area (Å²) in [6.45, 7) is 8.16. The van der Waals surface area contributed by atoms with Crippen LogP contribution < -0.4 is 5.73 Å². The molecule has 0 atom stereocenters. The summed E-state index contributed by atoms with van der Waals surface area (Å²) in [6, 6.07) is 0.586. The Hall–Kier alpha value is -0.570. The molecular formula is C9H21N3. The van der Waals surface area contributed by atoms with Gasteiger partial charge in [-0.15, -0.1) is 0 Å². The minimum atomic E-state index is 0.586. The third-order valence-corrected chi connectivity index (χ3v) is 2.01. The van der Waals surface area contributed by atoms with Gasteiger partial charge in [0.2, 0.25) is 0 Å². The Bertz CT molecular complexity index is 141. The Kier molecular flexibility index (Phi) is 5.72. The van der Waals surface area contributed by atoms with Gasteiger partial charge >= 0.3 is 0 Å². The summed E-state index contributed by atoms with van der Waals surface area (Å²) >= 11 is 0. The molecule has 0 spiro atoms. The van der Waals surface area contributed by atoms with E-state index in [2.05, 4.69) is 30.8 Å². The van der Waals surface area contributed by atoms with Gasteiger partial charge < -0.3 is 10.6 Å². The number of amidine groups is 1. The molecule has 0 rings (SSSR count). The van der Waals surface area contributed by atoms with Gasteiger partial charge in [0.15, 0.2) is 0 Å². The summed E-state index contributed by atoms with van der Waals surface area (Å²) in [5.74, 6) is 0.757. The normalized spacial score (nSPS) is 13.0. The van der Waals surface area contributed by atoms with E-state index in [0.29, 0.717) is 6.04 Å². The number of likely N-dealkylation sites (N-methyl/N-ethyl adjacent to an activating group) is 1. The van der Waals surface area contributed by atoms with Crippen LogP contribution in [0.25, 0.3) is 0 Å². The average Bonchev–Trinajstić information content (AvgIpc) is 2.03. The van der Waals surface area contributed by atoms with Crippen molar-refractivity contribution in [3.05, 3.63) is 0 Å². The first-order chi connectivity index (χ1) is 5.57. The van der Waals surface area contributed by atoms with E-state index in [4.69, 9.17) is 5.73 Å². The topological polar surface area (TPSA) is 41.6 Å². The second-order valence-electron chi connectivity index (χ2n) is 3.30. The van der Waals surface area contributed by atoms with Crippen LogP contribution in [0.2, 0.25) is 0 Å². The number of nitrogens with zero attached hydrogens (tertiary/aromatic N) is 2. The highest BCUT2D eigenvalue weighted by Crippen LogP contribution is 1.92. The molecule has 0 saturated carbocycles. The lowest BCUT2D eigenvalue weighted by Crippen LogP contribution is -2.29. The molecule has 2 N–H and O–H groups in total. The number of aliphatic imine (C=N–C) groups is 1. The molecule has 0 aliphatic heterocycles. The van der Waals surface area contributed by atoms with Crippen LogP contribution in [0.1, 0.15) is 27.2 Å². The maximum absolute atomic E-state index is 5.57. The van der Waals surface area contributed by atoms with Crippen LogP contribution in [0.3, 0.4) is 0 Å². The van der Waals surface area contributed by atoms with Crippen LogP contribution in [0.15, 0.2) is 4.99 Å². The number of rotatable bonds is 5. The first kappa shape index (κ1) is 11.4. The lowest BCUT2D eigenvalue weighted by Gasteiger charge is -2.19. The molecule has 72 valence electrons. The van der Waals surface area contributed by atoms with Crippen LogP contribution in [0.4, 0.5) is 0 Å². The zero-order valence-corrected chi connectivity index (χ0v) is 8.67. The maximum atomic E-state index is 5.57. The molecule has 3 nitrogen and oxygen atoms in total. The highest BCUT2D eigenvalue weighted by molar-refractivity contribution is 5.79. The molecular weight excluding hydrogens is 150 g/mol. The maximum Gasteiger partial charge on any atom is 0.0934 e. The van der Waals surface area contributed by atoms with Crippen LogP contribution in [0.5, 0.6) is 0 Å². The summed E-state index contributed by atoms with van der Waals surface area (Å²) in [4.78, 5) is 6.47. The van der Waals surface area contributed by atoms with Crippen LogP contribution >= 0.6 is 0 Å². The zero-order chi connectivity index (χ0) is 9.56. The van der Waals surface area contributed by atoms with Crippen molar-refractivity contribution >= 4 is 5.84 Å². The first-order valence-electron chi connectivity index (χ1n) is 4.57. The van der Waals surface area contributed by atoms with Gasteiger partial charge in [-0.2, -0.15) is 0 Å². The summed E-state index contributed by atoms with van der Waals surface area (Å²) in [5, 5.41) is 0. The average molecular weight is 171 g/mol. The standard InChI is InChI=1S/C9H21N3/c1-5-9(10)11-6-7-12(4)8(2)3/h8H,5-7H2,1-4H3,(H2,10,11). The number of hydrogen-bond acceptors (Lipinski definition) is 2. The van der Waals surface area contributed by atoms with Crippen molar-refractivity contribution in [1.82, 2.24) is 4.90 Å². The van der Waals surface area contributed by atoms with Crippen molar-refractivity contribution in [3.8, 4) is 0 Å². The minimum absolute atomic E-state index is 0.586. The van der Waals surface area contributed by atoms with E-state index in [1.165, 1.54) is 0 Å². The van der Waals surface area contributed by atoms with Crippen LogP contribution in [-0.4, -0.2) is 36.9 Å². The van der Waals surface area contributed by atoms with Gasteiger partial charge in [0.1, 0.15) is 0 Å². The van der Waals surface area contributed by atoms with Crippen molar-refractivity contribution in [2.75, 3.05) is 20.1 Å². The molecule has 0 heterocycles. The predicted molar refractivity (Wildman–Crippen MR) is 54.5 cm³/mol. The van der Waals surface area contributed by atoms with E-state index in [1.807, 2.05) is 6.92 Å². The van der Waals surface area contributed by atoms with Gasteiger partial charge in [-0.25, -0.2) is 0 Å². The van der Waals surface area contributed by atoms with Gasteiger partial charge in [0.25, 0.3) is 0 Å². The molecule has 0 aliphatic rings. The molecule has 0 aliphatic carbocycles. The molecule has 3 heteroatoms. The largest absolute Gasteiger partial charge is 0.387 e. The lowest BCUT2D eigenvalue weighted by atomic mass is 10.3. The Balaban J connectivity index is 3.55.